The van der Waals surface area contributed by atoms with E-state index < -0.39 is 22.6 Å². The molecule has 114 valence electrons. The van der Waals surface area contributed by atoms with Gasteiger partial charge in [-0.05, 0) is 24.3 Å². The van der Waals surface area contributed by atoms with E-state index in [4.69, 9.17) is 0 Å². The molecular weight excluding hydrogens is 301 g/mol. The summed E-state index contributed by atoms with van der Waals surface area (Å²) in [7, 11) is 0. The molecule has 0 aliphatic carbocycles. The fourth-order valence-electron chi connectivity index (χ4n) is 1.74. The van der Waals surface area contributed by atoms with Gasteiger partial charge in [0.25, 0.3) is 11.6 Å². The first-order valence-electron chi connectivity index (χ1n) is 6.00. The van der Waals surface area contributed by atoms with Crippen molar-refractivity contribution in [2.45, 2.75) is 6.18 Å². The molecule has 5 nitrogen and oxygen atoms in total. The summed E-state index contributed by atoms with van der Waals surface area (Å²) in [5, 5.41) is 12.9. The molecule has 0 heterocycles. The molecule has 0 saturated heterocycles. The van der Waals surface area contributed by atoms with Gasteiger partial charge >= 0.3 is 6.18 Å². The van der Waals surface area contributed by atoms with Crippen LogP contribution in [0.2, 0.25) is 0 Å². The number of rotatable bonds is 3. The Balaban J connectivity index is 2.22. The van der Waals surface area contributed by atoms with Crippen LogP contribution in [-0.4, -0.2) is 10.8 Å². The number of alkyl halides is 3. The Hall–Kier alpha value is -2.90. The number of hydrogen-bond donors (Lipinski definition) is 1. The highest BCUT2D eigenvalue weighted by atomic mass is 19.4. The van der Waals surface area contributed by atoms with E-state index in [0.717, 1.165) is 24.3 Å². The van der Waals surface area contributed by atoms with Crippen LogP contribution in [0.4, 0.5) is 24.5 Å². The lowest BCUT2D eigenvalue weighted by Gasteiger charge is -2.09. The number of nitro benzene ring substituents is 1. The predicted molar refractivity (Wildman–Crippen MR) is 72.5 cm³/mol. The van der Waals surface area contributed by atoms with Crippen molar-refractivity contribution in [3.63, 3.8) is 0 Å². The van der Waals surface area contributed by atoms with E-state index in [-0.39, 0.29) is 16.9 Å². The molecule has 0 fully saturated rings. The maximum atomic E-state index is 12.6. The summed E-state index contributed by atoms with van der Waals surface area (Å²) in [5.74, 6) is -0.733. The van der Waals surface area contributed by atoms with Crippen LogP contribution in [0.1, 0.15) is 15.9 Å². The second-order valence-electron chi connectivity index (χ2n) is 4.34. The van der Waals surface area contributed by atoms with Gasteiger partial charge in [-0.2, -0.15) is 13.2 Å². The van der Waals surface area contributed by atoms with Crippen LogP contribution in [0.25, 0.3) is 0 Å². The van der Waals surface area contributed by atoms with Gasteiger partial charge in [-0.25, -0.2) is 0 Å². The fourth-order valence-corrected chi connectivity index (χ4v) is 1.74. The zero-order chi connectivity index (χ0) is 16.3. The largest absolute Gasteiger partial charge is 0.416 e. The van der Waals surface area contributed by atoms with E-state index in [0.29, 0.717) is 0 Å². The number of nitrogens with one attached hydrogen (secondary N) is 1. The van der Waals surface area contributed by atoms with Crippen molar-refractivity contribution in [3.05, 3.63) is 69.8 Å². The molecule has 1 N–H and O–H groups in total. The van der Waals surface area contributed by atoms with E-state index >= 15 is 0 Å². The molecule has 0 aromatic heterocycles. The van der Waals surface area contributed by atoms with Crippen molar-refractivity contribution in [3.8, 4) is 0 Å². The molecule has 2 rings (SSSR count). The Morgan fingerprint density at radius 3 is 2.41 bits per heavy atom. The molecule has 0 aliphatic heterocycles. The first-order chi connectivity index (χ1) is 10.3. The van der Waals surface area contributed by atoms with Gasteiger partial charge < -0.3 is 5.32 Å². The highest BCUT2D eigenvalue weighted by Gasteiger charge is 2.30. The van der Waals surface area contributed by atoms with Crippen molar-refractivity contribution in [2.24, 2.45) is 0 Å². The second-order valence-corrected chi connectivity index (χ2v) is 4.34. The van der Waals surface area contributed by atoms with E-state index in [1.165, 1.54) is 24.3 Å². The number of anilines is 1. The van der Waals surface area contributed by atoms with Gasteiger partial charge in [-0.1, -0.05) is 12.1 Å². The van der Waals surface area contributed by atoms with Gasteiger partial charge in [-0.3, -0.25) is 14.9 Å². The number of nitro groups is 1. The number of carbonyl (C=O) groups is 1. The van der Waals surface area contributed by atoms with Crippen LogP contribution in [0.3, 0.4) is 0 Å². The van der Waals surface area contributed by atoms with Crippen molar-refractivity contribution in [1.29, 1.82) is 0 Å². The molecule has 22 heavy (non-hydrogen) atoms. The molecule has 0 spiro atoms. The average molecular weight is 310 g/mol. The Bertz CT molecular complexity index is 729. The fraction of sp³-hybridized carbons (Fsp3) is 0.0714. The third kappa shape index (κ3) is 3.60. The van der Waals surface area contributed by atoms with Crippen LogP contribution in [0.5, 0.6) is 0 Å². The summed E-state index contributed by atoms with van der Waals surface area (Å²) in [6.45, 7) is 0. The molecule has 0 unspecified atom stereocenters. The number of amides is 1. The van der Waals surface area contributed by atoms with Gasteiger partial charge in [0.1, 0.15) is 0 Å². The van der Waals surface area contributed by atoms with Gasteiger partial charge in [0.15, 0.2) is 0 Å². The molecule has 2 aromatic carbocycles. The molecule has 0 saturated carbocycles. The van der Waals surface area contributed by atoms with Gasteiger partial charge in [-0.15, -0.1) is 0 Å². The summed E-state index contributed by atoms with van der Waals surface area (Å²) in [4.78, 5) is 21.9. The maximum absolute atomic E-state index is 12.6. The molecular formula is C14H9F3N2O3. The first-order valence-corrected chi connectivity index (χ1v) is 6.00. The van der Waals surface area contributed by atoms with Crippen LogP contribution in [0.15, 0.2) is 48.5 Å². The lowest BCUT2D eigenvalue weighted by molar-refractivity contribution is -0.384. The smallest absolute Gasteiger partial charge is 0.322 e. The number of halogens is 3. The summed E-state index contributed by atoms with van der Waals surface area (Å²) < 4.78 is 37.7. The Kier molecular flexibility index (Phi) is 4.11. The number of non-ortho nitro benzene ring substituents is 1. The molecule has 1 amide bonds. The number of hydrogen-bond acceptors (Lipinski definition) is 3. The van der Waals surface area contributed by atoms with Crippen LogP contribution in [0, 0.1) is 10.1 Å². The summed E-state index contributed by atoms with van der Waals surface area (Å²) >= 11 is 0. The van der Waals surface area contributed by atoms with E-state index in [2.05, 4.69) is 5.32 Å². The third-order valence-electron chi connectivity index (χ3n) is 2.77. The molecule has 2 aromatic rings. The zero-order valence-electron chi connectivity index (χ0n) is 10.9. The van der Waals surface area contributed by atoms with E-state index in [1.54, 1.807) is 0 Å². The van der Waals surface area contributed by atoms with Gasteiger partial charge in [0.05, 0.1) is 10.5 Å². The first kappa shape index (κ1) is 15.5. The van der Waals surface area contributed by atoms with Crippen LogP contribution < -0.4 is 5.32 Å². The quantitative estimate of drug-likeness (QED) is 0.691. The highest BCUT2D eigenvalue weighted by molar-refractivity contribution is 6.04. The highest BCUT2D eigenvalue weighted by Crippen LogP contribution is 2.30. The zero-order valence-corrected chi connectivity index (χ0v) is 10.9. The Labute approximate surface area is 122 Å². The Morgan fingerprint density at radius 1 is 1.09 bits per heavy atom. The van der Waals surface area contributed by atoms with Crippen molar-refractivity contribution in [1.82, 2.24) is 0 Å². The number of carbonyl (C=O) groups excluding carboxylic acids is 1. The molecule has 8 heteroatoms. The lowest BCUT2D eigenvalue weighted by Crippen LogP contribution is -2.13. The van der Waals surface area contributed by atoms with Crippen molar-refractivity contribution in [2.75, 3.05) is 5.32 Å². The monoisotopic (exact) mass is 310 g/mol. The van der Waals surface area contributed by atoms with E-state index in [1.807, 2.05) is 0 Å². The summed E-state index contributed by atoms with van der Waals surface area (Å²) in [6, 6.07) is 9.02. The third-order valence-corrected chi connectivity index (χ3v) is 2.77. The SMILES string of the molecule is O=C(Nc1cccc(C(F)(F)F)c1)c1cccc([N+](=O)[O-])c1. The van der Waals surface area contributed by atoms with Crippen LogP contribution in [-0.2, 0) is 6.18 Å². The molecule has 0 aliphatic rings. The van der Waals surface area contributed by atoms with Gasteiger partial charge in [0, 0.05) is 23.4 Å². The minimum Gasteiger partial charge on any atom is -0.322 e. The lowest BCUT2D eigenvalue weighted by atomic mass is 10.1. The standard InChI is InChI=1S/C14H9F3N2O3/c15-14(16,17)10-4-2-5-11(8-10)18-13(20)9-3-1-6-12(7-9)19(21)22/h1-8H,(H,18,20). The summed E-state index contributed by atoms with van der Waals surface area (Å²) in [6.07, 6.45) is -4.52. The van der Waals surface area contributed by atoms with Gasteiger partial charge in [0.2, 0.25) is 0 Å². The van der Waals surface area contributed by atoms with Crippen molar-refractivity contribution < 1.29 is 22.9 Å². The number of benzene rings is 2. The predicted octanol–water partition coefficient (Wildman–Crippen LogP) is 3.87. The minimum atomic E-state index is -4.52. The minimum absolute atomic E-state index is 0.0217. The summed E-state index contributed by atoms with van der Waals surface area (Å²) in [5.41, 5.74) is -1.25. The normalized spacial score (nSPS) is 11.0. The Morgan fingerprint density at radius 2 is 1.77 bits per heavy atom. The van der Waals surface area contributed by atoms with E-state index in [9.17, 15) is 28.1 Å². The second kappa shape index (κ2) is 5.84. The molecule has 0 atom stereocenters. The van der Waals surface area contributed by atoms with Crippen LogP contribution >= 0.6 is 0 Å². The maximum Gasteiger partial charge on any atom is 0.416 e. The average Bonchev–Trinajstić information content (AvgIpc) is 2.46. The topological polar surface area (TPSA) is 72.2 Å². The number of nitrogens with zero attached hydrogens (tertiary/aromatic N) is 1. The van der Waals surface area contributed by atoms with Crippen molar-refractivity contribution >= 4 is 17.3 Å². The molecule has 0 bridgehead atoms. The molecule has 0 radical (unpaired) electrons.